The van der Waals surface area contributed by atoms with Crippen molar-refractivity contribution in [2.75, 3.05) is 0 Å². The fourth-order valence-corrected chi connectivity index (χ4v) is 1.29. The molecule has 0 saturated heterocycles. The van der Waals surface area contributed by atoms with E-state index in [9.17, 15) is 9.59 Å². The van der Waals surface area contributed by atoms with Gasteiger partial charge in [-0.15, -0.1) is 0 Å². The first-order valence-electron chi connectivity index (χ1n) is 3.90. The SMILES string of the molecule is CCC(=O)C(C(=N)C(Cl)(Cl)Cl)C(C)=O. The highest BCUT2D eigenvalue weighted by Gasteiger charge is 2.38. The highest BCUT2D eigenvalue weighted by Crippen LogP contribution is 2.31. The molecule has 0 aromatic heterocycles. The number of carbonyl (C=O) groups excluding carboxylic acids is 2. The number of ketones is 2. The summed E-state index contributed by atoms with van der Waals surface area (Å²) in [5.74, 6) is -2.12. The summed E-state index contributed by atoms with van der Waals surface area (Å²) in [6.07, 6.45) is 0.132. The molecule has 1 atom stereocenters. The van der Waals surface area contributed by atoms with Crippen molar-refractivity contribution in [1.82, 2.24) is 0 Å². The highest BCUT2D eigenvalue weighted by molar-refractivity contribution is 6.77. The van der Waals surface area contributed by atoms with Crippen molar-refractivity contribution in [3.05, 3.63) is 0 Å². The van der Waals surface area contributed by atoms with E-state index in [1.165, 1.54) is 6.92 Å². The van der Waals surface area contributed by atoms with Crippen molar-refractivity contribution in [3.8, 4) is 0 Å². The molecule has 14 heavy (non-hydrogen) atoms. The van der Waals surface area contributed by atoms with Crippen LogP contribution in [0.5, 0.6) is 0 Å². The molecule has 0 radical (unpaired) electrons. The summed E-state index contributed by atoms with van der Waals surface area (Å²) >= 11 is 16.3. The van der Waals surface area contributed by atoms with Crippen LogP contribution in [0.1, 0.15) is 20.3 Å². The zero-order valence-electron chi connectivity index (χ0n) is 7.73. The summed E-state index contributed by atoms with van der Waals surface area (Å²) in [6, 6.07) is 0. The van der Waals surface area contributed by atoms with Crippen LogP contribution in [0.4, 0.5) is 0 Å². The first-order chi connectivity index (χ1) is 6.21. The Bertz CT molecular complexity index is 270. The third-order valence-corrected chi connectivity index (χ3v) is 2.28. The maximum atomic E-state index is 11.3. The number of rotatable bonds is 4. The van der Waals surface area contributed by atoms with Crippen LogP contribution >= 0.6 is 34.8 Å². The molecular weight excluding hydrogens is 248 g/mol. The normalized spacial score (nSPS) is 13.5. The van der Waals surface area contributed by atoms with E-state index in [0.29, 0.717) is 0 Å². The molecule has 0 spiro atoms. The Kier molecular flexibility index (Phi) is 5.06. The van der Waals surface area contributed by atoms with Gasteiger partial charge in [-0.25, -0.2) is 0 Å². The van der Waals surface area contributed by atoms with Gasteiger partial charge in [0.05, 0.1) is 5.71 Å². The topological polar surface area (TPSA) is 58.0 Å². The zero-order chi connectivity index (χ0) is 11.5. The number of hydrogen-bond donors (Lipinski definition) is 1. The minimum atomic E-state index is -2.00. The molecule has 1 unspecified atom stereocenters. The molecule has 0 aliphatic rings. The van der Waals surface area contributed by atoms with Crippen LogP contribution in [0.25, 0.3) is 0 Å². The lowest BCUT2D eigenvalue weighted by Gasteiger charge is -2.18. The molecule has 0 aromatic rings. The van der Waals surface area contributed by atoms with E-state index >= 15 is 0 Å². The van der Waals surface area contributed by atoms with Crippen LogP contribution in [0.2, 0.25) is 0 Å². The largest absolute Gasteiger partial charge is 0.304 e. The molecule has 0 saturated carbocycles. The van der Waals surface area contributed by atoms with Gasteiger partial charge in [0.25, 0.3) is 0 Å². The van der Waals surface area contributed by atoms with Crippen LogP contribution < -0.4 is 0 Å². The Hall–Kier alpha value is -0.120. The van der Waals surface area contributed by atoms with Gasteiger partial charge in [0, 0.05) is 6.42 Å². The summed E-state index contributed by atoms with van der Waals surface area (Å²) in [6.45, 7) is 2.78. The van der Waals surface area contributed by atoms with Gasteiger partial charge in [-0.2, -0.15) is 0 Å². The molecule has 6 heteroatoms. The lowest BCUT2D eigenvalue weighted by molar-refractivity contribution is -0.128. The summed E-state index contributed by atoms with van der Waals surface area (Å²) in [4.78, 5) is 22.4. The molecule has 0 bridgehead atoms. The van der Waals surface area contributed by atoms with Crippen molar-refractivity contribution >= 4 is 52.1 Å². The maximum Gasteiger partial charge on any atom is 0.229 e. The Morgan fingerprint density at radius 3 is 2.00 bits per heavy atom. The fourth-order valence-electron chi connectivity index (χ4n) is 0.959. The van der Waals surface area contributed by atoms with Crippen molar-refractivity contribution in [1.29, 1.82) is 5.41 Å². The highest BCUT2D eigenvalue weighted by atomic mass is 35.6. The maximum absolute atomic E-state index is 11.3. The monoisotopic (exact) mass is 257 g/mol. The van der Waals surface area contributed by atoms with Crippen molar-refractivity contribution in [2.24, 2.45) is 5.92 Å². The quantitative estimate of drug-likeness (QED) is 0.479. The van der Waals surface area contributed by atoms with Crippen molar-refractivity contribution in [3.63, 3.8) is 0 Å². The lowest BCUT2D eigenvalue weighted by atomic mass is 9.93. The Balaban J connectivity index is 4.95. The minimum Gasteiger partial charge on any atom is -0.304 e. The summed E-state index contributed by atoms with van der Waals surface area (Å²) in [7, 11) is 0. The molecule has 1 N–H and O–H groups in total. The minimum absolute atomic E-state index is 0.132. The molecule has 0 aliphatic heterocycles. The second kappa shape index (κ2) is 5.10. The summed E-state index contributed by atoms with van der Waals surface area (Å²) < 4.78 is -2.00. The molecule has 0 amide bonds. The van der Waals surface area contributed by atoms with Crippen molar-refractivity contribution in [2.45, 2.75) is 24.1 Å². The number of halogens is 3. The molecule has 0 heterocycles. The first kappa shape index (κ1) is 13.9. The molecule has 3 nitrogen and oxygen atoms in total. The number of nitrogens with one attached hydrogen (secondary N) is 1. The van der Waals surface area contributed by atoms with Crippen LogP contribution in [-0.4, -0.2) is 21.1 Å². The van der Waals surface area contributed by atoms with Gasteiger partial charge in [0.1, 0.15) is 17.5 Å². The van der Waals surface area contributed by atoms with Gasteiger partial charge in [-0.1, -0.05) is 41.7 Å². The first-order valence-corrected chi connectivity index (χ1v) is 5.04. The number of carbonyl (C=O) groups is 2. The Morgan fingerprint density at radius 2 is 1.79 bits per heavy atom. The summed E-state index contributed by atoms with van der Waals surface area (Å²) in [5.41, 5.74) is -0.484. The third kappa shape index (κ3) is 3.56. The molecule has 0 fully saturated rings. The molecule has 0 rings (SSSR count). The van der Waals surface area contributed by atoms with E-state index in [1.807, 2.05) is 0 Å². The van der Waals surface area contributed by atoms with Gasteiger partial charge in [0.15, 0.2) is 0 Å². The second-order valence-corrected chi connectivity index (χ2v) is 5.06. The lowest BCUT2D eigenvalue weighted by Crippen LogP contribution is -2.37. The van der Waals surface area contributed by atoms with Gasteiger partial charge in [-0.3, -0.25) is 9.59 Å². The Labute approximate surface area is 97.2 Å². The van der Waals surface area contributed by atoms with E-state index in [1.54, 1.807) is 6.92 Å². The third-order valence-electron chi connectivity index (χ3n) is 1.67. The van der Waals surface area contributed by atoms with Gasteiger partial charge < -0.3 is 5.41 Å². The molecule has 0 aliphatic carbocycles. The summed E-state index contributed by atoms with van der Waals surface area (Å²) in [5, 5.41) is 7.42. The number of alkyl halides is 3. The second-order valence-electron chi connectivity index (χ2n) is 2.77. The van der Waals surface area contributed by atoms with Crippen molar-refractivity contribution < 1.29 is 9.59 Å². The van der Waals surface area contributed by atoms with E-state index in [4.69, 9.17) is 40.2 Å². The zero-order valence-corrected chi connectivity index (χ0v) is 10.0. The fraction of sp³-hybridized carbons (Fsp3) is 0.625. The predicted octanol–water partition coefficient (Wildman–Crippen LogP) is 2.56. The van der Waals surface area contributed by atoms with Crippen LogP contribution in [0.15, 0.2) is 0 Å². The molecule has 0 aromatic carbocycles. The van der Waals surface area contributed by atoms with E-state index in [-0.39, 0.29) is 6.42 Å². The average Bonchev–Trinajstić information content (AvgIpc) is 2.01. The van der Waals surface area contributed by atoms with Crippen LogP contribution in [-0.2, 0) is 9.59 Å². The van der Waals surface area contributed by atoms with E-state index in [0.717, 1.165) is 0 Å². The van der Waals surface area contributed by atoms with Gasteiger partial charge in [-0.05, 0) is 6.92 Å². The van der Waals surface area contributed by atoms with Crippen LogP contribution in [0, 0.1) is 11.3 Å². The van der Waals surface area contributed by atoms with E-state index < -0.39 is 27.0 Å². The number of hydrogen-bond acceptors (Lipinski definition) is 3. The number of Topliss-reactive ketones (excluding diaryl/α,β-unsaturated/α-hetero) is 2. The van der Waals surface area contributed by atoms with Crippen LogP contribution in [0.3, 0.4) is 0 Å². The molecular formula is C8H10Cl3NO2. The average molecular weight is 259 g/mol. The van der Waals surface area contributed by atoms with Gasteiger partial charge in [0.2, 0.25) is 3.79 Å². The van der Waals surface area contributed by atoms with E-state index in [2.05, 4.69) is 0 Å². The van der Waals surface area contributed by atoms with Gasteiger partial charge >= 0.3 is 0 Å². The Morgan fingerprint density at radius 1 is 1.36 bits per heavy atom. The molecule has 80 valence electrons. The predicted molar refractivity (Wildman–Crippen MR) is 57.5 cm³/mol. The standard InChI is InChI=1S/C8H10Cl3NO2/c1-3-5(14)6(4(2)13)7(12)8(9,10)11/h6,12H,3H2,1-2H3. The smallest absolute Gasteiger partial charge is 0.229 e.